The van der Waals surface area contributed by atoms with Crippen LogP contribution in [0.25, 0.3) is 11.1 Å². The highest BCUT2D eigenvalue weighted by Crippen LogP contribution is 2.27. The normalized spacial score (nSPS) is 12.1. The van der Waals surface area contributed by atoms with Gasteiger partial charge in [0, 0.05) is 0 Å². The second kappa shape index (κ2) is 6.90. The number of nitrogens with two attached hydrogens (primary N) is 1. The Kier molecular flexibility index (Phi) is 4.94. The molecule has 0 saturated heterocycles. The lowest BCUT2D eigenvalue weighted by molar-refractivity contribution is -0.119. The summed E-state index contributed by atoms with van der Waals surface area (Å²) in [5.74, 6) is -0.415. The van der Waals surface area contributed by atoms with Gasteiger partial charge in [0.2, 0.25) is 5.91 Å². The van der Waals surface area contributed by atoms with Gasteiger partial charge in [-0.1, -0.05) is 74.4 Å². The molecule has 2 N–H and O–H groups in total. The van der Waals surface area contributed by atoms with E-state index in [2.05, 4.69) is 31.2 Å². The molecule has 20 heavy (non-hydrogen) atoms. The van der Waals surface area contributed by atoms with Gasteiger partial charge >= 0.3 is 0 Å². The molecule has 2 nitrogen and oxygen atoms in total. The van der Waals surface area contributed by atoms with Gasteiger partial charge in [0.05, 0.1) is 5.92 Å². The quantitative estimate of drug-likeness (QED) is 0.840. The first-order valence-corrected chi connectivity index (χ1v) is 7.17. The Morgan fingerprint density at radius 2 is 1.75 bits per heavy atom. The summed E-state index contributed by atoms with van der Waals surface area (Å²) in [5.41, 5.74) is 8.87. The molecule has 2 aromatic rings. The molecule has 2 rings (SSSR count). The van der Waals surface area contributed by atoms with Crippen molar-refractivity contribution in [3.05, 3.63) is 60.2 Å². The average Bonchev–Trinajstić information content (AvgIpc) is 2.48. The summed E-state index contributed by atoms with van der Waals surface area (Å²) < 4.78 is 0. The first-order chi connectivity index (χ1) is 9.72. The van der Waals surface area contributed by atoms with E-state index in [4.69, 9.17) is 5.73 Å². The molecular formula is C18H21NO. The molecule has 0 aromatic heterocycles. The Balaban J connectivity index is 2.30. The fraction of sp³-hybridized carbons (Fsp3) is 0.278. The van der Waals surface area contributed by atoms with Crippen LogP contribution in [0.5, 0.6) is 0 Å². The zero-order chi connectivity index (χ0) is 14.4. The standard InChI is InChI=1S/C18H21NO/c1-2-3-12-17(18(19)20)16-11-7-10-15(13-16)14-8-5-4-6-9-14/h4-11,13,17H,2-3,12H2,1H3,(H2,19,20). The van der Waals surface area contributed by atoms with E-state index in [1.807, 2.05) is 30.3 Å². The molecule has 0 spiro atoms. The minimum absolute atomic E-state index is 0.182. The Morgan fingerprint density at radius 1 is 1.05 bits per heavy atom. The number of primary amides is 1. The minimum Gasteiger partial charge on any atom is -0.369 e. The number of rotatable bonds is 6. The molecule has 1 amide bonds. The Hall–Kier alpha value is -2.09. The molecule has 0 aliphatic carbocycles. The van der Waals surface area contributed by atoms with E-state index in [0.29, 0.717) is 0 Å². The third kappa shape index (κ3) is 3.47. The first kappa shape index (κ1) is 14.3. The van der Waals surface area contributed by atoms with E-state index in [9.17, 15) is 4.79 Å². The van der Waals surface area contributed by atoms with Gasteiger partial charge in [0.1, 0.15) is 0 Å². The monoisotopic (exact) mass is 267 g/mol. The topological polar surface area (TPSA) is 43.1 Å². The van der Waals surface area contributed by atoms with Gasteiger partial charge in [-0.15, -0.1) is 0 Å². The maximum atomic E-state index is 11.7. The van der Waals surface area contributed by atoms with Gasteiger partial charge in [0.25, 0.3) is 0 Å². The van der Waals surface area contributed by atoms with Crippen LogP contribution in [0.2, 0.25) is 0 Å². The molecule has 1 unspecified atom stereocenters. The molecule has 0 radical (unpaired) electrons. The van der Waals surface area contributed by atoms with Crippen LogP contribution in [-0.4, -0.2) is 5.91 Å². The van der Waals surface area contributed by atoms with Gasteiger partial charge in [-0.25, -0.2) is 0 Å². The summed E-state index contributed by atoms with van der Waals surface area (Å²) in [5, 5.41) is 0. The number of hydrogen-bond donors (Lipinski definition) is 1. The van der Waals surface area contributed by atoms with Crippen molar-refractivity contribution in [1.29, 1.82) is 0 Å². The summed E-state index contributed by atoms with van der Waals surface area (Å²) in [4.78, 5) is 11.7. The van der Waals surface area contributed by atoms with Crippen molar-refractivity contribution in [1.82, 2.24) is 0 Å². The van der Waals surface area contributed by atoms with Crippen LogP contribution in [0.1, 0.15) is 37.7 Å². The van der Waals surface area contributed by atoms with E-state index < -0.39 is 0 Å². The Morgan fingerprint density at radius 3 is 2.40 bits per heavy atom. The van der Waals surface area contributed by atoms with Crippen LogP contribution in [0, 0.1) is 0 Å². The molecule has 104 valence electrons. The maximum absolute atomic E-state index is 11.7. The number of carbonyl (C=O) groups excluding carboxylic acids is 1. The fourth-order valence-electron chi connectivity index (χ4n) is 2.45. The third-order valence-corrected chi connectivity index (χ3v) is 3.59. The van der Waals surface area contributed by atoms with E-state index in [1.165, 1.54) is 0 Å². The number of unbranched alkanes of at least 4 members (excludes halogenated alkanes) is 1. The second-order valence-corrected chi connectivity index (χ2v) is 5.09. The largest absolute Gasteiger partial charge is 0.369 e. The summed E-state index contributed by atoms with van der Waals surface area (Å²) in [6, 6.07) is 18.3. The lowest BCUT2D eigenvalue weighted by Crippen LogP contribution is -2.21. The van der Waals surface area contributed by atoms with Crippen LogP contribution in [-0.2, 0) is 4.79 Å². The van der Waals surface area contributed by atoms with Crippen molar-refractivity contribution >= 4 is 5.91 Å². The van der Waals surface area contributed by atoms with Crippen molar-refractivity contribution in [2.45, 2.75) is 32.1 Å². The molecule has 0 heterocycles. The molecule has 2 aromatic carbocycles. The van der Waals surface area contributed by atoms with Gasteiger partial charge in [-0.05, 0) is 23.1 Å². The van der Waals surface area contributed by atoms with Crippen molar-refractivity contribution in [3.63, 3.8) is 0 Å². The van der Waals surface area contributed by atoms with Crippen molar-refractivity contribution in [2.24, 2.45) is 5.73 Å². The average molecular weight is 267 g/mol. The second-order valence-electron chi connectivity index (χ2n) is 5.09. The summed E-state index contributed by atoms with van der Waals surface area (Å²) >= 11 is 0. The van der Waals surface area contributed by atoms with Gasteiger partial charge < -0.3 is 5.73 Å². The SMILES string of the molecule is CCCCC(C(N)=O)c1cccc(-c2ccccc2)c1. The molecule has 2 heteroatoms. The van der Waals surface area contributed by atoms with Crippen molar-refractivity contribution < 1.29 is 4.79 Å². The maximum Gasteiger partial charge on any atom is 0.224 e. The lowest BCUT2D eigenvalue weighted by atomic mass is 9.90. The van der Waals surface area contributed by atoms with Gasteiger partial charge in [-0.3, -0.25) is 4.79 Å². The molecule has 0 aliphatic rings. The highest BCUT2D eigenvalue weighted by atomic mass is 16.1. The van der Waals surface area contributed by atoms with Crippen LogP contribution >= 0.6 is 0 Å². The number of hydrogen-bond acceptors (Lipinski definition) is 1. The van der Waals surface area contributed by atoms with E-state index in [-0.39, 0.29) is 11.8 Å². The molecule has 0 fully saturated rings. The number of benzene rings is 2. The van der Waals surface area contributed by atoms with Crippen molar-refractivity contribution in [3.8, 4) is 11.1 Å². The molecule has 0 aliphatic heterocycles. The van der Waals surface area contributed by atoms with Crippen LogP contribution in [0.3, 0.4) is 0 Å². The summed E-state index contributed by atoms with van der Waals surface area (Å²) in [6.45, 7) is 2.12. The predicted octanol–water partition coefficient (Wildman–Crippen LogP) is 4.11. The van der Waals surface area contributed by atoms with Crippen LogP contribution in [0.15, 0.2) is 54.6 Å². The third-order valence-electron chi connectivity index (χ3n) is 3.59. The lowest BCUT2D eigenvalue weighted by Gasteiger charge is -2.14. The molecule has 0 bridgehead atoms. The smallest absolute Gasteiger partial charge is 0.224 e. The highest BCUT2D eigenvalue weighted by molar-refractivity contribution is 5.82. The Bertz CT molecular complexity index is 563. The minimum atomic E-state index is -0.233. The van der Waals surface area contributed by atoms with Gasteiger partial charge in [-0.2, -0.15) is 0 Å². The number of amides is 1. The van der Waals surface area contributed by atoms with E-state index in [1.54, 1.807) is 0 Å². The van der Waals surface area contributed by atoms with Crippen LogP contribution in [0.4, 0.5) is 0 Å². The first-order valence-electron chi connectivity index (χ1n) is 7.17. The van der Waals surface area contributed by atoms with Crippen LogP contribution < -0.4 is 5.73 Å². The summed E-state index contributed by atoms with van der Waals surface area (Å²) in [6.07, 6.45) is 2.91. The Labute approximate surface area is 120 Å². The van der Waals surface area contributed by atoms with Crippen molar-refractivity contribution in [2.75, 3.05) is 0 Å². The van der Waals surface area contributed by atoms with Gasteiger partial charge in [0.15, 0.2) is 0 Å². The molecule has 0 saturated carbocycles. The molecular weight excluding hydrogens is 246 g/mol. The predicted molar refractivity (Wildman–Crippen MR) is 83.3 cm³/mol. The summed E-state index contributed by atoms with van der Waals surface area (Å²) in [7, 11) is 0. The fourth-order valence-corrected chi connectivity index (χ4v) is 2.45. The zero-order valence-corrected chi connectivity index (χ0v) is 11.9. The molecule has 1 atom stereocenters. The van der Waals surface area contributed by atoms with E-state index >= 15 is 0 Å². The zero-order valence-electron chi connectivity index (χ0n) is 11.9. The van der Waals surface area contributed by atoms with E-state index in [0.717, 1.165) is 36.0 Å². The number of carbonyl (C=O) groups is 1. The highest BCUT2D eigenvalue weighted by Gasteiger charge is 2.17.